The summed E-state index contributed by atoms with van der Waals surface area (Å²) < 4.78 is 0.933. The Morgan fingerprint density at radius 2 is 1.89 bits per heavy atom. The molecule has 0 bridgehead atoms. The molecule has 1 aliphatic heterocycles. The van der Waals surface area contributed by atoms with E-state index in [1.165, 1.54) is 4.90 Å². The van der Waals surface area contributed by atoms with Gasteiger partial charge in [-0.15, -0.1) is 0 Å². The Labute approximate surface area is 174 Å². The van der Waals surface area contributed by atoms with Crippen LogP contribution < -0.4 is 0 Å². The number of carboxylic acid groups (broad SMARTS) is 1. The topological polar surface area (TPSA) is 60.9 Å². The Hall–Kier alpha value is -2.34. The third-order valence-corrected chi connectivity index (χ3v) is 5.58. The number of carbonyl (C=O) groups excluding carboxylic acids is 1. The molecule has 1 atom stereocenters. The summed E-state index contributed by atoms with van der Waals surface area (Å²) in [5, 5.41) is 9.76. The lowest BCUT2D eigenvalue weighted by Crippen LogP contribution is -2.53. The molecule has 1 aliphatic rings. The van der Waals surface area contributed by atoms with Crippen molar-refractivity contribution in [3.05, 3.63) is 69.7 Å². The summed E-state index contributed by atoms with van der Waals surface area (Å²) in [6.07, 6.45) is -0.376. The second kappa shape index (κ2) is 7.95. The predicted molar refractivity (Wildman–Crippen MR) is 112 cm³/mol. The second-order valence-corrected chi connectivity index (χ2v) is 9.06. The van der Waals surface area contributed by atoms with E-state index in [2.05, 4.69) is 15.9 Å². The lowest BCUT2D eigenvalue weighted by molar-refractivity contribution is 0.0528. The zero-order chi connectivity index (χ0) is 20.5. The van der Waals surface area contributed by atoms with E-state index in [4.69, 9.17) is 0 Å². The smallest absolute Gasteiger partial charge is 0.407 e. The second-order valence-electron chi connectivity index (χ2n) is 8.14. The fourth-order valence-corrected chi connectivity index (χ4v) is 4.02. The molecule has 28 heavy (non-hydrogen) atoms. The van der Waals surface area contributed by atoms with Crippen LogP contribution in [0.3, 0.4) is 0 Å². The number of nitrogens with zero attached hydrogens (tertiary/aromatic N) is 2. The number of fused-ring (bicyclic) bond motifs is 1. The highest BCUT2D eigenvalue weighted by Gasteiger charge is 2.36. The molecule has 0 radical (unpaired) electrons. The molecule has 2 amide bonds. The Kier molecular flexibility index (Phi) is 5.79. The van der Waals surface area contributed by atoms with Crippen LogP contribution in [-0.4, -0.2) is 45.0 Å². The number of hydrogen-bond acceptors (Lipinski definition) is 2. The molecule has 0 spiro atoms. The van der Waals surface area contributed by atoms with E-state index in [9.17, 15) is 14.7 Å². The van der Waals surface area contributed by atoms with Crippen LogP contribution in [0.2, 0.25) is 0 Å². The van der Waals surface area contributed by atoms with Crippen LogP contribution >= 0.6 is 15.9 Å². The van der Waals surface area contributed by atoms with Gasteiger partial charge in [-0.25, -0.2) is 4.79 Å². The number of hydrogen-bond donors (Lipinski definition) is 1. The minimum absolute atomic E-state index is 0.0392. The molecular formula is C22H25BrN2O3. The van der Waals surface area contributed by atoms with E-state index in [1.807, 2.05) is 74.2 Å². The van der Waals surface area contributed by atoms with E-state index in [0.29, 0.717) is 18.5 Å². The van der Waals surface area contributed by atoms with Crippen molar-refractivity contribution in [3.63, 3.8) is 0 Å². The largest absolute Gasteiger partial charge is 0.465 e. The van der Waals surface area contributed by atoms with Gasteiger partial charge in [-0.2, -0.15) is 0 Å². The van der Waals surface area contributed by atoms with Crippen molar-refractivity contribution < 1.29 is 14.7 Å². The van der Waals surface area contributed by atoms with Crippen LogP contribution in [0.5, 0.6) is 0 Å². The molecule has 2 aromatic carbocycles. The Bertz CT molecular complexity index is 877. The van der Waals surface area contributed by atoms with Crippen LogP contribution in [0, 0.1) is 0 Å². The molecule has 1 N–H and O–H groups in total. The molecule has 0 aromatic heterocycles. The van der Waals surface area contributed by atoms with Crippen LogP contribution in [-0.2, 0) is 13.0 Å². The van der Waals surface area contributed by atoms with Crippen molar-refractivity contribution in [2.45, 2.75) is 45.3 Å². The standard InChI is InChI=1S/C22H25BrN2O3/c1-22(2,3)25(21(27)28)14-18(11-15-7-5-4-6-8-15)24-13-16-12-17(23)9-10-19(16)20(24)26/h4-10,12,18H,11,13-14H2,1-3H3,(H,27,28)/t18-/m1/s1. The van der Waals surface area contributed by atoms with Gasteiger partial charge in [0.2, 0.25) is 0 Å². The average Bonchev–Trinajstić information content (AvgIpc) is 2.94. The summed E-state index contributed by atoms with van der Waals surface area (Å²) in [6.45, 7) is 6.37. The van der Waals surface area contributed by atoms with Crippen molar-refractivity contribution in [1.29, 1.82) is 0 Å². The molecule has 0 saturated heterocycles. The van der Waals surface area contributed by atoms with Crippen molar-refractivity contribution >= 4 is 27.9 Å². The molecule has 5 nitrogen and oxygen atoms in total. The van der Waals surface area contributed by atoms with Crippen molar-refractivity contribution in [2.24, 2.45) is 0 Å². The zero-order valence-electron chi connectivity index (χ0n) is 16.4. The van der Waals surface area contributed by atoms with Gasteiger partial charge in [0.05, 0.1) is 6.04 Å². The van der Waals surface area contributed by atoms with E-state index in [-0.39, 0.29) is 18.5 Å². The molecule has 0 unspecified atom stereocenters. The quantitative estimate of drug-likeness (QED) is 0.720. The van der Waals surface area contributed by atoms with Gasteiger partial charge in [-0.1, -0.05) is 46.3 Å². The third-order valence-electron chi connectivity index (χ3n) is 5.09. The molecular weight excluding hydrogens is 420 g/mol. The van der Waals surface area contributed by atoms with E-state index < -0.39 is 11.6 Å². The first-order chi connectivity index (χ1) is 13.2. The summed E-state index contributed by atoms with van der Waals surface area (Å²) in [5.74, 6) is -0.0392. The molecule has 2 aromatic rings. The summed E-state index contributed by atoms with van der Waals surface area (Å²) >= 11 is 3.47. The molecule has 0 fully saturated rings. The SMILES string of the molecule is CC(C)(C)N(C[C@@H](Cc1ccccc1)N1Cc2cc(Br)ccc2C1=O)C(=O)O. The van der Waals surface area contributed by atoms with Crippen molar-refractivity contribution in [1.82, 2.24) is 9.80 Å². The monoisotopic (exact) mass is 444 g/mol. The molecule has 6 heteroatoms. The zero-order valence-corrected chi connectivity index (χ0v) is 17.9. The Balaban J connectivity index is 1.92. The summed E-state index contributed by atoms with van der Waals surface area (Å²) in [7, 11) is 0. The first-order valence-corrected chi connectivity index (χ1v) is 10.1. The number of rotatable bonds is 5. The maximum Gasteiger partial charge on any atom is 0.407 e. The van der Waals surface area contributed by atoms with Gasteiger partial charge in [0, 0.05) is 28.7 Å². The number of amides is 2. The lowest BCUT2D eigenvalue weighted by Gasteiger charge is -2.38. The van der Waals surface area contributed by atoms with Gasteiger partial charge < -0.3 is 14.9 Å². The number of carbonyl (C=O) groups is 2. The average molecular weight is 445 g/mol. The minimum atomic E-state index is -0.975. The van der Waals surface area contributed by atoms with Gasteiger partial charge in [-0.05, 0) is 56.5 Å². The maximum atomic E-state index is 13.1. The number of halogens is 1. The first kappa shape index (κ1) is 20.4. The highest BCUT2D eigenvalue weighted by molar-refractivity contribution is 9.10. The summed E-state index contributed by atoms with van der Waals surface area (Å²) in [4.78, 5) is 28.2. The molecule has 3 rings (SSSR count). The van der Waals surface area contributed by atoms with Gasteiger partial charge >= 0.3 is 6.09 Å². The van der Waals surface area contributed by atoms with Gasteiger partial charge in [-0.3, -0.25) is 4.79 Å². The van der Waals surface area contributed by atoms with E-state index >= 15 is 0 Å². The highest BCUT2D eigenvalue weighted by atomic mass is 79.9. The fraction of sp³-hybridized carbons (Fsp3) is 0.364. The van der Waals surface area contributed by atoms with Crippen LogP contribution in [0.4, 0.5) is 4.79 Å². The fourth-order valence-electron chi connectivity index (χ4n) is 3.62. The van der Waals surface area contributed by atoms with Crippen LogP contribution in [0.1, 0.15) is 42.3 Å². The van der Waals surface area contributed by atoms with E-state index in [0.717, 1.165) is 15.6 Å². The van der Waals surface area contributed by atoms with Gasteiger partial charge in [0.15, 0.2) is 0 Å². The van der Waals surface area contributed by atoms with Gasteiger partial charge in [0.25, 0.3) is 5.91 Å². The Morgan fingerprint density at radius 3 is 2.50 bits per heavy atom. The summed E-state index contributed by atoms with van der Waals surface area (Å²) in [6, 6.07) is 15.3. The lowest BCUT2D eigenvalue weighted by atomic mass is 10.0. The normalized spacial score (nSPS) is 14.7. The van der Waals surface area contributed by atoms with Crippen LogP contribution in [0.25, 0.3) is 0 Å². The van der Waals surface area contributed by atoms with Crippen molar-refractivity contribution in [3.8, 4) is 0 Å². The molecule has 1 heterocycles. The molecule has 0 aliphatic carbocycles. The van der Waals surface area contributed by atoms with E-state index in [1.54, 1.807) is 0 Å². The highest BCUT2D eigenvalue weighted by Crippen LogP contribution is 2.29. The molecule has 0 saturated carbocycles. The van der Waals surface area contributed by atoms with Gasteiger partial charge in [0.1, 0.15) is 0 Å². The Morgan fingerprint density at radius 1 is 1.21 bits per heavy atom. The van der Waals surface area contributed by atoms with Crippen LogP contribution in [0.15, 0.2) is 53.0 Å². The molecule has 148 valence electrons. The first-order valence-electron chi connectivity index (χ1n) is 9.30. The van der Waals surface area contributed by atoms with Crippen molar-refractivity contribution in [2.75, 3.05) is 6.54 Å². The number of benzene rings is 2. The maximum absolute atomic E-state index is 13.1. The minimum Gasteiger partial charge on any atom is -0.465 e. The third kappa shape index (κ3) is 4.38. The predicted octanol–water partition coefficient (Wildman–Crippen LogP) is 4.79. The summed E-state index contributed by atoms with van der Waals surface area (Å²) in [5.41, 5.74) is 2.19.